The Labute approximate surface area is 115 Å². The minimum atomic E-state index is -0.621. The van der Waals surface area contributed by atoms with Gasteiger partial charge in [-0.2, -0.15) is 0 Å². The summed E-state index contributed by atoms with van der Waals surface area (Å²) in [6.45, 7) is 2.57. The van der Waals surface area contributed by atoms with E-state index in [1.54, 1.807) is 12.5 Å². The molecule has 0 saturated heterocycles. The first kappa shape index (κ1) is 12.4. The summed E-state index contributed by atoms with van der Waals surface area (Å²) in [5.74, 6) is -0.580. The van der Waals surface area contributed by atoms with Gasteiger partial charge < -0.3 is 21.3 Å². The lowest BCUT2D eigenvalue weighted by Gasteiger charge is -2.33. The molecule has 0 saturated carbocycles. The first-order valence-electron chi connectivity index (χ1n) is 6.34. The van der Waals surface area contributed by atoms with Crippen LogP contribution in [0.15, 0.2) is 23.1 Å². The number of aliphatic imine (C=N–C) groups is 1. The normalized spacial score (nSPS) is 19.9. The van der Waals surface area contributed by atoms with Crippen molar-refractivity contribution < 1.29 is 4.79 Å². The highest BCUT2D eigenvalue weighted by Gasteiger charge is 2.29. The zero-order valence-electron chi connectivity index (χ0n) is 11.0. The molecule has 2 aliphatic heterocycles. The molecule has 3 rings (SSSR count). The van der Waals surface area contributed by atoms with Crippen LogP contribution >= 0.6 is 0 Å². The number of carbonyl (C=O) groups is 1. The van der Waals surface area contributed by atoms with Gasteiger partial charge in [0.15, 0.2) is 6.17 Å². The van der Waals surface area contributed by atoms with Crippen molar-refractivity contribution in [2.75, 3.05) is 11.6 Å². The Morgan fingerprint density at radius 1 is 1.60 bits per heavy atom. The van der Waals surface area contributed by atoms with E-state index in [2.05, 4.69) is 25.6 Å². The van der Waals surface area contributed by atoms with Gasteiger partial charge in [-0.05, 0) is 6.42 Å². The van der Waals surface area contributed by atoms with Gasteiger partial charge in [-0.3, -0.25) is 4.79 Å². The highest BCUT2D eigenvalue weighted by Crippen LogP contribution is 2.26. The summed E-state index contributed by atoms with van der Waals surface area (Å²) in [6, 6.07) is 0. The van der Waals surface area contributed by atoms with Crippen molar-refractivity contribution in [2.24, 2.45) is 10.7 Å². The second-order valence-corrected chi connectivity index (χ2v) is 4.47. The van der Waals surface area contributed by atoms with Gasteiger partial charge >= 0.3 is 0 Å². The van der Waals surface area contributed by atoms with Crippen molar-refractivity contribution >= 4 is 17.9 Å². The van der Waals surface area contributed by atoms with Crippen LogP contribution < -0.4 is 21.3 Å². The van der Waals surface area contributed by atoms with Gasteiger partial charge in [-0.25, -0.2) is 15.0 Å². The predicted molar refractivity (Wildman–Crippen MR) is 73.9 cm³/mol. The number of primary amides is 1. The Morgan fingerprint density at radius 2 is 2.45 bits per heavy atom. The summed E-state index contributed by atoms with van der Waals surface area (Å²) in [6.07, 6.45) is 5.77. The number of anilines is 1. The molecule has 0 fully saturated rings. The molecule has 8 nitrogen and oxygen atoms in total. The van der Waals surface area contributed by atoms with Crippen LogP contribution in [0.4, 0.5) is 5.69 Å². The monoisotopic (exact) mass is 273 g/mol. The molecule has 3 heterocycles. The zero-order valence-corrected chi connectivity index (χ0v) is 11.0. The topological polar surface area (TPSA) is 109 Å². The predicted octanol–water partition coefficient (Wildman–Crippen LogP) is -0.696. The number of fused-ring (bicyclic) bond motifs is 1. The van der Waals surface area contributed by atoms with E-state index >= 15 is 0 Å². The first-order valence-corrected chi connectivity index (χ1v) is 6.34. The lowest BCUT2D eigenvalue weighted by atomic mass is 10.2. The third-order valence-corrected chi connectivity index (χ3v) is 3.25. The van der Waals surface area contributed by atoms with Gasteiger partial charge in [0.1, 0.15) is 0 Å². The molecule has 0 radical (unpaired) electrons. The van der Waals surface area contributed by atoms with E-state index in [-0.39, 0.29) is 12.0 Å². The Morgan fingerprint density at radius 3 is 3.20 bits per heavy atom. The number of nitrogens with zero attached hydrogens (tertiary/aromatic N) is 4. The van der Waals surface area contributed by atoms with E-state index in [1.807, 2.05) is 18.0 Å². The molecule has 1 aromatic rings. The molecule has 0 spiro atoms. The summed E-state index contributed by atoms with van der Waals surface area (Å²) < 4.78 is 0. The van der Waals surface area contributed by atoms with Crippen LogP contribution in [0.25, 0.3) is 0 Å². The maximum Gasteiger partial charge on any atom is 0.286 e. The van der Waals surface area contributed by atoms with Gasteiger partial charge in [0.2, 0.25) is 5.82 Å². The first-order chi connectivity index (χ1) is 9.70. The molecule has 0 aromatic carbocycles. The number of carbonyl (C=O) groups excluding carboxylic acids is 1. The smallest absolute Gasteiger partial charge is 0.286 e. The Kier molecular flexibility index (Phi) is 2.97. The highest BCUT2D eigenvalue weighted by molar-refractivity contribution is 5.89. The molecule has 20 heavy (non-hydrogen) atoms. The van der Waals surface area contributed by atoms with Gasteiger partial charge in [-0.1, -0.05) is 6.92 Å². The van der Waals surface area contributed by atoms with Crippen molar-refractivity contribution in [3.63, 3.8) is 0 Å². The van der Waals surface area contributed by atoms with Gasteiger partial charge in [0, 0.05) is 6.20 Å². The number of hydrogen-bond acceptors (Lipinski definition) is 7. The quantitative estimate of drug-likeness (QED) is 0.672. The molecule has 8 heteroatoms. The van der Waals surface area contributed by atoms with Crippen LogP contribution in [0.2, 0.25) is 0 Å². The molecule has 104 valence electrons. The maximum absolute atomic E-state index is 11.2. The van der Waals surface area contributed by atoms with Crippen molar-refractivity contribution in [2.45, 2.75) is 19.5 Å². The van der Waals surface area contributed by atoms with Crippen molar-refractivity contribution in [1.82, 2.24) is 20.6 Å². The Bertz CT molecular complexity index is 610. The van der Waals surface area contributed by atoms with Gasteiger partial charge in [-0.15, -0.1) is 0 Å². The molecule has 0 bridgehead atoms. The number of aryl methyl sites for hydroxylation is 1. The second kappa shape index (κ2) is 4.80. The average molecular weight is 273 g/mol. The number of aromatic nitrogens is 2. The maximum atomic E-state index is 11.2. The standard InChI is InChI=1S/C12H15N7O/c1-2-7-9(4-15-11(18-7)10(13)20)19-6-14-3-8-12(19)17-5-16-8/h3-5,12,14H,2,6H2,1H3,(H2,13,20)(H,16,17). The van der Waals surface area contributed by atoms with E-state index < -0.39 is 5.91 Å². The Hall–Kier alpha value is -2.64. The third kappa shape index (κ3) is 1.94. The van der Waals surface area contributed by atoms with E-state index in [4.69, 9.17) is 5.73 Å². The minimum Gasteiger partial charge on any atom is -0.372 e. The molecular formula is C12H15N7O. The van der Waals surface area contributed by atoms with E-state index in [1.165, 1.54) is 0 Å². The van der Waals surface area contributed by atoms with E-state index in [0.29, 0.717) is 13.1 Å². The molecule has 0 aliphatic carbocycles. The largest absolute Gasteiger partial charge is 0.372 e. The molecule has 1 amide bonds. The number of hydrogen-bond donors (Lipinski definition) is 3. The van der Waals surface area contributed by atoms with Crippen LogP contribution in [0.1, 0.15) is 23.2 Å². The number of nitrogens with two attached hydrogens (primary N) is 1. The van der Waals surface area contributed by atoms with Crippen LogP contribution in [0, 0.1) is 0 Å². The molecule has 4 N–H and O–H groups in total. The lowest BCUT2D eigenvalue weighted by Crippen LogP contribution is -2.46. The van der Waals surface area contributed by atoms with Crippen molar-refractivity contribution in [3.05, 3.63) is 29.6 Å². The summed E-state index contributed by atoms with van der Waals surface area (Å²) in [4.78, 5) is 25.9. The minimum absolute atomic E-state index is 0.0411. The van der Waals surface area contributed by atoms with Crippen LogP contribution in [-0.4, -0.2) is 35.0 Å². The third-order valence-electron chi connectivity index (χ3n) is 3.25. The van der Waals surface area contributed by atoms with Crippen LogP contribution in [-0.2, 0) is 6.42 Å². The summed E-state index contributed by atoms with van der Waals surface area (Å²) in [5.41, 5.74) is 7.81. The number of nitrogens with one attached hydrogen (secondary N) is 2. The van der Waals surface area contributed by atoms with Gasteiger partial charge in [0.05, 0.1) is 36.3 Å². The van der Waals surface area contributed by atoms with E-state index in [0.717, 1.165) is 17.1 Å². The van der Waals surface area contributed by atoms with Crippen LogP contribution in [0.5, 0.6) is 0 Å². The lowest BCUT2D eigenvalue weighted by molar-refractivity contribution is 0.0990. The van der Waals surface area contributed by atoms with Crippen molar-refractivity contribution in [3.8, 4) is 0 Å². The Balaban J connectivity index is 1.99. The molecule has 1 unspecified atom stereocenters. The molecular weight excluding hydrogens is 258 g/mol. The van der Waals surface area contributed by atoms with E-state index in [9.17, 15) is 4.79 Å². The SMILES string of the molecule is CCc1nc(C(N)=O)ncc1N1CNC=C2NC=NC21. The number of rotatable bonds is 3. The fraction of sp³-hybridized carbons (Fsp3) is 0.333. The van der Waals surface area contributed by atoms with Crippen LogP contribution in [0.3, 0.4) is 0 Å². The summed E-state index contributed by atoms with van der Waals surface area (Å²) >= 11 is 0. The average Bonchev–Trinajstić information content (AvgIpc) is 2.94. The number of amides is 1. The van der Waals surface area contributed by atoms with Gasteiger partial charge in [0.25, 0.3) is 5.91 Å². The molecule has 1 aromatic heterocycles. The summed E-state index contributed by atoms with van der Waals surface area (Å²) in [5, 5.41) is 6.24. The second-order valence-electron chi connectivity index (χ2n) is 4.47. The fourth-order valence-electron chi connectivity index (χ4n) is 2.29. The molecule has 1 atom stereocenters. The molecule has 2 aliphatic rings. The van der Waals surface area contributed by atoms with Crippen molar-refractivity contribution in [1.29, 1.82) is 0 Å². The fourth-order valence-corrected chi connectivity index (χ4v) is 2.29. The summed E-state index contributed by atoms with van der Waals surface area (Å²) in [7, 11) is 0. The zero-order chi connectivity index (χ0) is 14.1. The highest BCUT2D eigenvalue weighted by atomic mass is 16.1.